The number of rotatable bonds is 6. The number of carbonyl (C=O) groups is 2. The number of aliphatic carboxylic acids is 1. The molecule has 1 unspecified atom stereocenters. The lowest BCUT2D eigenvalue weighted by Crippen LogP contribution is -2.42. The van der Waals surface area contributed by atoms with E-state index in [0.717, 1.165) is 17.7 Å². The van der Waals surface area contributed by atoms with E-state index in [2.05, 4.69) is 5.32 Å². The van der Waals surface area contributed by atoms with Crippen LogP contribution in [0, 0.1) is 0 Å². The molecule has 0 aromatic heterocycles. The summed E-state index contributed by atoms with van der Waals surface area (Å²) < 4.78 is 30.8. The van der Waals surface area contributed by atoms with Gasteiger partial charge in [0.15, 0.2) is 0 Å². The topological polar surface area (TPSA) is 121 Å². The van der Waals surface area contributed by atoms with Crippen molar-refractivity contribution < 1.29 is 27.7 Å². The van der Waals surface area contributed by atoms with Crippen LogP contribution in [0.1, 0.15) is 15.9 Å². The van der Waals surface area contributed by atoms with Crippen molar-refractivity contribution in [3.8, 4) is 0 Å². The highest BCUT2D eigenvalue weighted by atomic mass is 32.2. The Balaban J connectivity index is 2.12. The summed E-state index contributed by atoms with van der Waals surface area (Å²) in [6.07, 6.45) is 0.116. The van der Waals surface area contributed by atoms with Gasteiger partial charge in [0, 0.05) is 12.0 Å². The van der Waals surface area contributed by atoms with Gasteiger partial charge in [0.2, 0.25) is 0 Å². The van der Waals surface area contributed by atoms with Gasteiger partial charge in [-0.05, 0) is 29.8 Å². The lowest BCUT2D eigenvalue weighted by Gasteiger charge is -2.14. The second-order valence-electron chi connectivity index (χ2n) is 5.05. The molecule has 8 heteroatoms. The van der Waals surface area contributed by atoms with Crippen molar-refractivity contribution in [3.63, 3.8) is 0 Å². The van der Waals surface area contributed by atoms with Crippen LogP contribution in [-0.2, 0) is 21.3 Å². The summed E-state index contributed by atoms with van der Waals surface area (Å²) in [7, 11) is -4.35. The molecule has 0 heterocycles. The maximum atomic E-state index is 12.1. The van der Waals surface area contributed by atoms with E-state index in [1.54, 1.807) is 30.3 Å². The van der Waals surface area contributed by atoms with Gasteiger partial charge in [-0.15, -0.1) is 0 Å². The molecule has 2 aromatic carbocycles. The van der Waals surface area contributed by atoms with Crippen LogP contribution in [0.2, 0.25) is 0 Å². The van der Waals surface area contributed by atoms with Crippen LogP contribution in [0.25, 0.3) is 0 Å². The second kappa shape index (κ2) is 7.24. The molecular formula is C16H15NO6S. The number of hydrogen-bond acceptors (Lipinski definition) is 4. The molecule has 0 saturated heterocycles. The fraction of sp³-hybridized carbons (Fsp3) is 0.125. The van der Waals surface area contributed by atoms with E-state index >= 15 is 0 Å². The maximum absolute atomic E-state index is 12.1. The van der Waals surface area contributed by atoms with E-state index in [9.17, 15) is 23.1 Å². The quantitative estimate of drug-likeness (QED) is 0.677. The van der Waals surface area contributed by atoms with Gasteiger partial charge in [-0.3, -0.25) is 9.35 Å². The Morgan fingerprint density at radius 3 is 2.08 bits per heavy atom. The average molecular weight is 349 g/mol. The third kappa shape index (κ3) is 4.64. The molecule has 24 heavy (non-hydrogen) atoms. The number of carboxylic acids is 1. The Morgan fingerprint density at radius 1 is 1.00 bits per heavy atom. The van der Waals surface area contributed by atoms with Gasteiger partial charge in [0.25, 0.3) is 16.0 Å². The molecule has 0 aliphatic heterocycles. The van der Waals surface area contributed by atoms with Crippen LogP contribution in [0.4, 0.5) is 0 Å². The summed E-state index contributed by atoms with van der Waals surface area (Å²) in [4.78, 5) is 23.1. The molecule has 1 amide bonds. The molecule has 1 atom stereocenters. The summed E-state index contributed by atoms with van der Waals surface area (Å²) in [5.41, 5.74) is 0.841. The standard InChI is InChI=1S/C16H15NO6S/c18-15(12-6-8-13(9-7-12)24(21,22)23)17-14(16(19)20)10-11-4-2-1-3-5-11/h1-9,14H,10H2,(H,17,18)(H,19,20)(H,21,22,23). The minimum Gasteiger partial charge on any atom is -0.480 e. The van der Waals surface area contributed by atoms with E-state index in [1.807, 2.05) is 0 Å². The van der Waals surface area contributed by atoms with Gasteiger partial charge >= 0.3 is 5.97 Å². The summed E-state index contributed by atoms with van der Waals surface area (Å²) in [5, 5.41) is 11.6. The first kappa shape index (κ1) is 17.6. The Hall–Kier alpha value is -2.71. The minimum atomic E-state index is -4.35. The molecule has 3 N–H and O–H groups in total. The summed E-state index contributed by atoms with van der Waals surface area (Å²) in [5.74, 6) is -1.83. The fourth-order valence-electron chi connectivity index (χ4n) is 2.07. The minimum absolute atomic E-state index is 0.0849. The van der Waals surface area contributed by atoms with Crippen molar-refractivity contribution >= 4 is 22.0 Å². The Kier molecular flexibility index (Phi) is 5.32. The van der Waals surface area contributed by atoms with Crippen molar-refractivity contribution in [2.75, 3.05) is 0 Å². The van der Waals surface area contributed by atoms with Crippen molar-refractivity contribution in [2.24, 2.45) is 0 Å². The molecule has 2 rings (SSSR count). The van der Waals surface area contributed by atoms with E-state index in [-0.39, 0.29) is 16.9 Å². The van der Waals surface area contributed by atoms with Gasteiger partial charge in [0.05, 0.1) is 4.90 Å². The summed E-state index contributed by atoms with van der Waals surface area (Å²) in [6.45, 7) is 0. The molecule has 0 bridgehead atoms. The van der Waals surface area contributed by atoms with Crippen molar-refractivity contribution in [1.82, 2.24) is 5.32 Å². The number of nitrogens with one attached hydrogen (secondary N) is 1. The van der Waals surface area contributed by atoms with Crippen LogP contribution < -0.4 is 5.32 Å². The number of benzene rings is 2. The van der Waals surface area contributed by atoms with Crippen molar-refractivity contribution in [2.45, 2.75) is 17.4 Å². The van der Waals surface area contributed by atoms with Gasteiger partial charge in [-0.2, -0.15) is 8.42 Å². The molecule has 0 saturated carbocycles. The summed E-state index contributed by atoms with van der Waals surface area (Å²) in [6, 6.07) is 12.2. The zero-order valence-corrected chi connectivity index (χ0v) is 13.2. The van der Waals surface area contributed by atoms with Crippen LogP contribution in [0.15, 0.2) is 59.5 Å². The Morgan fingerprint density at radius 2 is 1.58 bits per heavy atom. The smallest absolute Gasteiger partial charge is 0.326 e. The molecule has 0 spiro atoms. The number of hydrogen-bond donors (Lipinski definition) is 3. The third-order valence-corrected chi connectivity index (χ3v) is 4.17. The second-order valence-corrected chi connectivity index (χ2v) is 6.47. The first-order chi connectivity index (χ1) is 11.3. The third-order valence-electron chi connectivity index (χ3n) is 3.30. The molecule has 0 aliphatic rings. The Bertz CT molecular complexity index is 831. The Labute approximate surface area is 138 Å². The first-order valence-corrected chi connectivity index (χ1v) is 8.36. The molecule has 2 aromatic rings. The highest BCUT2D eigenvalue weighted by Crippen LogP contribution is 2.11. The van der Waals surface area contributed by atoms with E-state index in [4.69, 9.17) is 4.55 Å². The average Bonchev–Trinajstić information content (AvgIpc) is 2.54. The molecular weight excluding hydrogens is 334 g/mol. The lowest BCUT2D eigenvalue weighted by atomic mass is 10.1. The van der Waals surface area contributed by atoms with Gasteiger partial charge in [-0.25, -0.2) is 4.79 Å². The number of carbonyl (C=O) groups excluding carboxylic acids is 1. The van der Waals surface area contributed by atoms with Gasteiger partial charge < -0.3 is 10.4 Å². The van der Waals surface area contributed by atoms with Gasteiger partial charge in [-0.1, -0.05) is 30.3 Å². The SMILES string of the molecule is O=C(NC(Cc1ccccc1)C(=O)O)c1ccc(S(=O)(=O)O)cc1. The monoisotopic (exact) mass is 349 g/mol. The van der Waals surface area contributed by atoms with Crippen LogP contribution in [0.5, 0.6) is 0 Å². The predicted octanol–water partition coefficient (Wildman–Crippen LogP) is 1.36. The molecule has 0 aliphatic carbocycles. The molecule has 0 radical (unpaired) electrons. The lowest BCUT2D eigenvalue weighted by molar-refractivity contribution is -0.139. The molecule has 126 valence electrons. The van der Waals surface area contributed by atoms with E-state index in [1.165, 1.54) is 12.1 Å². The zero-order valence-electron chi connectivity index (χ0n) is 12.4. The number of amides is 1. The molecule has 0 fully saturated rings. The van der Waals surface area contributed by atoms with Crippen molar-refractivity contribution in [3.05, 3.63) is 65.7 Å². The van der Waals surface area contributed by atoms with Crippen LogP contribution in [0.3, 0.4) is 0 Å². The fourth-order valence-corrected chi connectivity index (χ4v) is 2.55. The normalized spacial score (nSPS) is 12.4. The maximum Gasteiger partial charge on any atom is 0.326 e. The highest BCUT2D eigenvalue weighted by Gasteiger charge is 2.21. The van der Waals surface area contributed by atoms with Crippen LogP contribution >= 0.6 is 0 Å². The first-order valence-electron chi connectivity index (χ1n) is 6.92. The van der Waals surface area contributed by atoms with Gasteiger partial charge in [0.1, 0.15) is 6.04 Å². The van der Waals surface area contributed by atoms with E-state index in [0.29, 0.717) is 0 Å². The van der Waals surface area contributed by atoms with Crippen molar-refractivity contribution in [1.29, 1.82) is 0 Å². The zero-order chi connectivity index (χ0) is 17.7. The van der Waals surface area contributed by atoms with Crippen LogP contribution in [-0.4, -0.2) is 36.0 Å². The van der Waals surface area contributed by atoms with E-state index < -0.39 is 28.0 Å². The number of carboxylic acid groups (broad SMARTS) is 1. The summed E-state index contributed by atoms with van der Waals surface area (Å²) >= 11 is 0. The predicted molar refractivity (Wildman–Crippen MR) is 85.3 cm³/mol. The highest BCUT2D eigenvalue weighted by molar-refractivity contribution is 7.85. The molecule has 7 nitrogen and oxygen atoms in total. The largest absolute Gasteiger partial charge is 0.480 e.